The molecule has 1 aromatic carbocycles. The van der Waals surface area contributed by atoms with Crippen LogP contribution in [0.3, 0.4) is 0 Å². The van der Waals surface area contributed by atoms with Crippen molar-refractivity contribution in [1.82, 2.24) is 19.2 Å². The Morgan fingerprint density at radius 3 is 2.65 bits per heavy atom. The van der Waals surface area contributed by atoms with Gasteiger partial charge in [-0.1, -0.05) is 6.07 Å². The summed E-state index contributed by atoms with van der Waals surface area (Å²) < 4.78 is 68.6. The van der Waals surface area contributed by atoms with Crippen molar-refractivity contribution >= 4 is 10.0 Å². The Kier molecular flexibility index (Phi) is 4.84. The minimum atomic E-state index is -4.61. The van der Waals surface area contributed by atoms with E-state index in [-0.39, 0.29) is 17.0 Å². The molecule has 3 rings (SSSR count). The molecule has 1 atom stereocenters. The number of sulfonamides is 1. The highest BCUT2D eigenvalue weighted by Crippen LogP contribution is 2.35. The summed E-state index contributed by atoms with van der Waals surface area (Å²) in [6.45, 7) is 2.20. The lowest BCUT2D eigenvalue weighted by molar-refractivity contribution is -0.138. The van der Waals surface area contributed by atoms with E-state index in [4.69, 9.17) is 0 Å². The molecule has 1 aliphatic rings. The van der Waals surface area contributed by atoms with Crippen LogP contribution in [0.25, 0.3) is 0 Å². The van der Waals surface area contributed by atoms with E-state index in [1.165, 1.54) is 23.4 Å². The Labute approximate surface area is 149 Å². The first kappa shape index (κ1) is 18.9. The molecule has 1 aliphatic heterocycles. The topological polar surface area (TPSA) is 67.2 Å². The average Bonchev–Trinajstić information content (AvgIpc) is 3.00. The normalized spacial score (nSPS) is 19.7. The van der Waals surface area contributed by atoms with E-state index >= 15 is 0 Å². The summed E-state index contributed by atoms with van der Waals surface area (Å²) >= 11 is 0. The summed E-state index contributed by atoms with van der Waals surface area (Å²) in [5.41, 5.74) is -0.959. The average molecular weight is 388 g/mol. The number of nitrogens with one attached hydrogen (secondary N) is 1. The van der Waals surface area contributed by atoms with Crippen molar-refractivity contribution in [3.63, 3.8) is 0 Å². The molecule has 0 saturated carbocycles. The number of benzene rings is 1. The second-order valence-corrected chi connectivity index (χ2v) is 8.10. The Balaban J connectivity index is 2.05. The standard InChI is InChI=1S/C16H19F3N4O2S/c1-11-3-4-12(9-13(11)16(17,18)19)26(24,25)23-8-5-20-10-14(23)15-21-6-7-22(15)2/h3-4,6-7,9,14,20H,5,8,10H2,1-2H3. The van der Waals surface area contributed by atoms with Crippen LogP contribution in [-0.4, -0.2) is 41.9 Å². The molecule has 0 amide bonds. The number of imidazole rings is 1. The Morgan fingerprint density at radius 1 is 1.31 bits per heavy atom. The third-order valence-corrected chi connectivity index (χ3v) is 6.38. The van der Waals surface area contributed by atoms with Crippen LogP contribution in [0.2, 0.25) is 0 Å². The number of piperazine rings is 1. The molecule has 1 saturated heterocycles. The highest BCUT2D eigenvalue weighted by molar-refractivity contribution is 7.89. The predicted molar refractivity (Wildman–Crippen MR) is 88.9 cm³/mol. The van der Waals surface area contributed by atoms with Gasteiger partial charge in [-0.3, -0.25) is 0 Å². The second-order valence-electron chi connectivity index (χ2n) is 6.21. The van der Waals surface area contributed by atoms with Gasteiger partial charge in [0.15, 0.2) is 0 Å². The Morgan fingerprint density at radius 2 is 2.04 bits per heavy atom. The number of aryl methyl sites for hydroxylation is 2. The first-order valence-electron chi connectivity index (χ1n) is 8.00. The molecule has 0 radical (unpaired) electrons. The predicted octanol–water partition coefficient (Wildman–Crippen LogP) is 2.08. The summed E-state index contributed by atoms with van der Waals surface area (Å²) in [5, 5.41) is 3.11. The molecule has 1 fully saturated rings. The zero-order chi connectivity index (χ0) is 19.1. The lowest BCUT2D eigenvalue weighted by Crippen LogP contribution is -2.49. The molecule has 142 valence electrons. The van der Waals surface area contributed by atoms with E-state index < -0.39 is 27.8 Å². The highest BCUT2D eigenvalue weighted by Gasteiger charge is 2.38. The van der Waals surface area contributed by atoms with E-state index in [1.54, 1.807) is 24.0 Å². The third kappa shape index (κ3) is 3.36. The molecule has 0 bridgehead atoms. The van der Waals surface area contributed by atoms with Gasteiger partial charge in [0.25, 0.3) is 0 Å². The van der Waals surface area contributed by atoms with E-state index in [1.807, 2.05) is 0 Å². The molecule has 10 heteroatoms. The van der Waals surface area contributed by atoms with E-state index in [9.17, 15) is 21.6 Å². The van der Waals surface area contributed by atoms with Gasteiger partial charge in [-0.05, 0) is 24.6 Å². The van der Waals surface area contributed by atoms with Crippen molar-refractivity contribution < 1.29 is 21.6 Å². The number of hydrogen-bond acceptors (Lipinski definition) is 4. The van der Waals surface area contributed by atoms with Crippen molar-refractivity contribution in [3.8, 4) is 0 Å². The van der Waals surface area contributed by atoms with Crippen LogP contribution in [0.5, 0.6) is 0 Å². The molecule has 0 spiro atoms. The zero-order valence-electron chi connectivity index (χ0n) is 14.3. The summed E-state index contributed by atoms with van der Waals surface area (Å²) in [6, 6.07) is 2.53. The van der Waals surface area contributed by atoms with Gasteiger partial charge in [-0.2, -0.15) is 17.5 Å². The SMILES string of the molecule is Cc1ccc(S(=O)(=O)N2CCNCC2c2nccn2C)cc1C(F)(F)F. The van der Waals surface area contributed by atoms with Crippen molar-refractivity contribution in [1.29, 1.82) is 0 Å². The minimum Gasteiger partial charge on any atom is -0.337 e. The molecule has 1 unspecified atom stereocenters. The van der Waals surface area contributed by atoms with Crippen LogP contribution in [0.15, 0.2) is 35.5 Å². The van der Waals surface area contributed by atoms with E-state index in [0.717, 1.165) is 0 Å². The lowest BCUT2D eigenvalue weighted by atomic mass is 10.1. The van der Waals surface area contributed by atoms with Crippen LogP contribution in [-0.2, 0) is 23.2 Å². The molecule has 6 nitrogen and oxygen atoms in total. The number of hydrogen-bond donors (Lipinski definition) is 1. The van der Waals surface area contributed by atoms with Crippen molar-refractivity contribution in [2.75, 3.05) is 19.6 Å². The molecule has 1 aromatic heterocycles. The number of rotatable bonds is 3. The van der Waals surface area contributed by atoms with Gasteiger partial charge in [0, 0.05) is 39.1 Å². The molecule has 26 heavy (non-hydrogen) atoms. The second kappa shape index (κ2) is 6.67. The van der Waals surface area contributed by atoms with Crippen molar-refractivity contribution in [2.24, 2.45) is 7.05 Å². The van der Waals surface area contributed by atoms with Crippen LogP contribution in [0, 0.1) is 6.92 Å². The van der Waals surface area contributed by atoms with Gasteiger partial charge < -0.3 is 9.88 Å². The first-order chi connectivity index (χ1) is 12.1. The largest absolute Gasteiger partial charge is 0.416 e. The lowest BCUT2D eigenvalue weighted by Gasteiger charge is -2.34. The van der Waals surface area contributed by atoms with E-state index in [0.29, 0.717) is 25.0 Å². The van der Waals surface area contributed by atoms with Gasteiger partial charge in [0.1, 0.15) is 5.82 Å². The zero-order valence-corrected chi connectivity index (χ0v) is 15.1. The molecule has 2 aromatic rings. The minimum absolute atomic E-state index is 0.0163. The van der Waals surface area contributed by atoms with Crippen LogP contribution < -0.4 is 5.32 Å². The number of nitrogens with zero attached hydrogens (tertiary/aromatic N) is 3. The fraction of sp³-hybridized carbons (Fsp3) is 0.438. The Bertz CT molecular complexity index is 908. The summed E-state index contributed by atoms with van der Waals surface area (Å²) in [4.78, 5) is 3.84. The maximum Gasteiger partial charge on any atom is 0.416 e. The summed E-state index contributed by atoms with van der Waals surface area (Å²) in [7, 11) is -2.37. The first-order valence-corrected chi connectivity index (χ1v) is 9.44. The molecule has 1 N–H and O–H groups in total. The van der Waals surface area contributed by atoms with Crippen LogP contribution in [0.4, 0.5) is 13.2 Å². The van der Waals surface area contributed by atoms with Crippen LogP contribution >= 0.6 is 0 Å². The number of alkyl halides is 3. The van der Waals surface area contributed by atoms with Gasteiger partial charge in [0.2, 0.25) is 10.0 Å². The van der Waals surface area contributed by atoms with E-state index in [2.05, 4.69) is 10.3 Å². The highest BCUT2D eigenvalue weighted by atomic mass is 32.2. The molecule has 0 aliphatic carbocycles. The molecular formula is C16H19F3N4O2S. The fourth-order valence-electron chi connectivity index (χ4n) is 3.09. The number of halogens is 3. The summed E-state index contributed by atoms with van der Waals surface area (Å²) in [6.07, 6.45) is -1.36. The fourth-order valence-corrected chi connectivity index (χ4v) is 4.71. The van der Waals surface area contributed by atoms with Crippen molar-refractivity contribution in [3.05, 3.63) is 47.5 Å². The van der Waals surface area contributed by atoms with Crippen molar-refractivity contribution in [2.45, 2.75) is 24.0 Å². The van der Waals surface area contributed by atoms with Gasteiger partial charge in [0.05, 0.1) is 16.5 Å². The maximum atomic E-state index is 13.2. The molecule has 2 heterocycles. The molecular weight excluding hydrogens is 369 g/mol. The Hall–Kier alpha value is -1.91. The smallest absolute Gasteiger partial charge is 0.337 e. The quantitative estimate of drug-likeness (QED) is 0.874. The summed E-state index contributed by atoms with van der Waals surface area (Å²) in [5.74, 6) is 0.531. The third-order valence-electron chi connectivity index (χ3n) is 4.47. The van der Waals surface area contributed by atoms with Gasteiger partial charge in [-0.25, -0.2) is 13.4 Å². The number of aromatic nitrogens is 2. The van der Waals surface area contributed by atoms with Crippen LogP contribution in [0.1, 0.15) is 23.0 Å². The van der Waals surface area contributed by atoms with Gasteiger partial charge in [-0.15, -0.1) is 0 Å². The monoisotopic (exact) mass is 388 g/mol. The van der Waals surface area contributed by atoms with Gasteiger partial charge >= 0.3 is 6.18 Å². The maximum absolute atomic E-state index is 13.2.